The Hall–Kier alpha value is -1.56. The smallest absolute Gasteiger partial charge is 0.318 e. The summed E-state index contributed by atoms with van der Waals surface area (Å²) >= 11 is 5.99. The third-order valence-corrected chi connectivity index (χ3v) is 3.75. The first-order chi connectivity index (χ1) is 9.04. The highest BCUT2D eigenvalue weighted by atomic mass is 35.5. The molecule has 0 amide bonds. The summed E-state index contributed by atoms with van der Waals surface area (Å²) < 4.78 is 4.93. The Kier molecular flexibility index (Phi) is 4.09. The van der Waals surface area contributed by atoms with Gasteiger partial charge in [-0.1, -0.05) is 18.0 Å². The molecule has 6 nitrogen and oxygen atoms in total. The number of nitrogens with zero attached hydrogens (tertiary/aromatic N) is 2. The summed E-state index contributed by atoms with van der Waals surface area (Å²) in [5.74, 6) is -0.293. The van der Waals surface area contributed by atoms with Gasteiger partial charge < -0.3 is 15.2 Å². The van der Waals surface area contributed by atoms with Gasteiger partial charge in [0.15, 0.2) is 5.82 Å². The van der Waals surface area contributed by atoms with Crippen molar-refractivity contribution in [3.05, 3.63) is 11.2 Å². The van der Waals surface area contributed by atoms with E-state index in [2.05, 4.69) is 15.3 Å². The number of rotatable bonds is 6. The summed E-state index contributed by atoms with van der Waals surface area (Å²) in [6.07, 6.45) is 4.51. The van der Waals surface area contributed by atoms with Gasteiger partial charge in [-0.05, 0) is 18.3 Å². The first-order valence-corrected chi connectivity index (χ1v) is 6.45. The second-order valence-corrected chi connectivity index (χ2v) is 5.24. The second kappa shape index (κ2) is 5.61. The molecule has 104 valence electrons. The lowest BCUT2D eigenvalue weighted by Gasteiger charge is -2.41. The number of carbonyl (C=O) groups is 1. The van der Waals surface area contributed by atoms with Crippen molar-refractivity contribution < 1.29 is 14.6 Å². The van der Waals surface area contributed by atoms with Crippen molar-refractivity contribution in [3.8, 4) is 6.01 Å². The van der Waals surface area contributed by atoms with Gasteiger partial charge in [0, 0.05) is 6.54 Å². The van der Waals surface area contributed by atoms with Crippen molar-refractivity contribution in [1.29, 1.82) is 0 Å². The minimum atomic E-state index is -0.770. The fourth-order valence-corrected chi connectivity index (χ4v) is 2.42. The number of halogens is 1. The maximum atomic E-state index is 10.9. The Balaban J connectivity index is 2.03. The number of hydrogen-bond donors (Lipinski definition) is 2. The largest absolute Gasteiger partial charge is 0.481 e. The van der Waals surface area contributed by atoms with E-state index >= 15 is 0 Å². The quantitative estimate of drug-likeness (QED) is 0.833. The maximum Gasteiger partial charge on any atom is 0.318 e. The standard InChI is InChI=1S/C12H16ClN3O3/c1-19-11-14-6-8(13)10(16-11)15-7-12(3-2-4-12)5-9(17)18/h6H,2-5,7H2,1H3,(H,17,18)(H,14,15,16). The first-order valence-electron chi connectivity index (χ1n) is 6.07. The van der Waals surface area contributed by atoms with Crippen molar-refractivity contribution in [2.45, 2.75) is 25.7 Å². The predicted molar refractivity (Wildman–Crippen MR) is 70.6 cm³/mol. The molecule has 7 heteroatoms. The number of aromatic nitrogens is 2. The van der Waals surface area contributed by atoms with Crippen LogP contribution in [0.25, 0.3) is 0 Å². The van der Waals surface area contributed by atoms with Crippen LogP contribution in [0.15, 0.2) is 6.20 Å². The van der Waals surface area contributed by atoms with Crippen molar-refractivity contribution in [3.63, 3.8) is 0 Å². The Morgan fingerprint density at radius 2 is 2.37 bits per heavy atom. The zero-order valence-corrected chi connectivity index (χ0v) is 11.4. The number of ether oxygens (including phenoxy) is 1. The van der Waals surface area contributed by atoms with Gasteiger partial charge in [0.25, 0.3) is 0 Å². The summed E-state index contributed by atoms with van der Waals surface area (Å²) in [6.45, 7) is 0.541. The van der Waals surface area contributed by atoms with Crippen LogP contribution in [0.4, 0.5) is 5.82 Å². The summed E-state index contributed by atoms with van der Waals surface area (Å²) in [6, 6.07) is 0.229. The number of carboxylic acid groups (broad SMARTS) is 1. The van der Waals surface area contributed by atoms with E-state index in [9.17, 15) is 4.79 Å². The van der Waals surface area contributed by atoms with Crippen molar-refractivity contribution >= 4 is 23.4 Å². The minimum absolute atomic E-state index is 0.167. The highest BCUT2D eigenvalue weighted by Gasteiger charge is 2.39. The van der Waals surface area contributed by atoms with Gasteiger partial charge in [-0.25, -0.2) is 4.98 Å². The van der Waals surface area contributed by atoms with Crippen molar-refractivity contribution in [1.82, 2.24) is 9.97 Å². The third-order valence-electron chi connectivity index (χ3n) is 3.48. The average Bonchev–Trinajstić information content (AvgIpc) is 2.33. The predicted octanol–water partition coefficient (Wildman–Crippen LogP) is 2.20. The SMILES string of the molecule is COc1ncc(Cl)c(NCC2(CC(=O)O)CCC2)n1. The number of nitrogens with one attached hydrogen (secondary N) is 1. The minimum Gasteiger partial charge on any atom is -0.481 e. The second-order valence-electron chi connectivity index (χ2n) is 4.83. The van der Waals surface area contributed by atoms with Gasteiger partial charge >= 0.3 is 12.0 Å². The molecule has 1 aromatic rings. The summed E-state index contributed by atoms with van der Waals surface area (Å²) in [4.78, 5) is 18.9. The molecule has 2 rings (SSSR count). The van der Waals surface area contributed by atoms with Gasteiger partial charge in [0.05, 0.1) is 19.7 Å². The molecule has 1 aliphatic carbocycles. The molecular weight excluding hydrogens is 270 g/mol. The first kappa shape index (κ1) is 13.9. The number of methoxy groups -OCH3 is 1. The van der Waals surface area contributed by atoms with Crippen LogP contribution in [0.3, 0.4) is 0 Å². The zero-order valence-electron chi connectivity index (χ0n) is 10.6. The van der Waals surface area contributed by atoms with E-state index in [4.69, 9.17) is 21.4 Å². The van der Waals surface area contributed by atoms with E-state index in [1.54, 1.807) is 0 Å². The molecule has 1 heterocycles. The molecule has 0 saturated heterocycles. The summed E-state index contributed by atoms with van der Waals surface area (Å²) in [5.41, 5.74) is -0.187. The molecule has 1 aliphatic rings. The lowest BCUT2D eigenvalue weighted by Crippen LogP contribution is -2.38. The Morgan fingerprint density at radius 3 is 2.89 bits per heavy atom. The molecule has 0 bridgehead atoms. The van der Waals surface area contributed by atoms with Gasteiger partial charge in [0.1, 0.15) is 5.02 Å². The molecule has 0 unspecified atom stereocenters. The molecule has 2 N–H and O–H groups in total. The van der Waals surface area contributed by atoms with Gasteiger partial charge in [-0.3, -0.25) is 4.79 Å². The molecule has 1 fully saturated rings. The third kappa shape index (κ3) is 3.26. The van der Waals surface area contributed by atoms with Crippen LogP contribution < -0.4 is 10.1 Å². The molecule has 0 radical (unpaired) electrons. The van der Waals surface area contributed by atoms with Crippen molar-refractivity contribution in [2.24, 2.45) is 5.41 Å². The fourth-order valence-electron chi connectivity index (χ4n) is 2.26. The number of hydrogen-bond acceptors (Lipinski definition) is 5. The van der Waals surface area contributed by atoms with Crippen LogP contribution >= 0.6 is 11.6 Å². The Morgan fingerprint density at radius 1 is 1.63 bits per heavy atom. The maximum absolute atomic E-state index is 10.9. The molecule has 0 aromatic carbocycles. The van der Waals surface area contributed by atoms with Gasteiger partial charge in [-0.2, -0.15) is 4.98 Å². The van der Waals surface area contributed by atoms with Crippen LogP contribution in [0.5, 0.6) is 6.01 Å². The highest BCUT2D eigenvalue weighted by Crippen LogP contribution is 2.44. The summed E-state index contributed by atoms with van der Waals surface area (Å²) in [5, 5.41) is 12.5. The van der Waals surface area contributed by atoms with Crippen LogP contribution in [0, 0.1) is 5.41 Å². The number of aliphatic carboxylic acids is 1. The average molecular weight is 286 g/mol. The zero-order chi connectivity index (χ0) is 13.9. The molecular formula is C12H16ClN3O3. The fraction of sp³-hybridized carbons (Fsp3) is 0.583. The van der Waals surface area contributed by atoms with E-state index in [0.29, 0.717) is 17.4 Å². The molecule has 19 heavy (non-hydrogen) atoms. The van der Waals surface area contributed by atoms with Crippen molar-refractivity contribution in [2.75, 3.05) is 19.0 Å². The molecule has 1 aromatic heterocycles. The molecule has 0 aliphatic heterocycles. The van der Waals surface area contributed by atoms with Gasteiger partial charge in [0.2, 0.25) is 0 Å². The Bertz CT molecular complexity index is 477. The van der Waals surface area contributed by atoms with Crippen LogP contribution in [0.1, 0.15) is 25.7 Å². The van der Waals surface area contributed by atoms with E-state index in [1.165, 1.54) is 13.3 Å². The van der Waals surface area contributed by atoms with E-state index in [0.717, 1.165) is 19.3 Å². The molecule has 0 atom stereocenters. The van der Waals surface area contributed by atoms with E-state index < -0.39 is 5.97 Å². The topological polar surface area (TPSA) is 84.3 Å². The monoisotopic (exact) mass is 285 g/mol. The molecule has 0 spiro atoms. The molecule has 1 saturated carbocycles. The lowest BCUT2D eigenvalue weighted by atomic mass is 9.66. The van der Waals surface area contributed by atoms with Crippen LogP contribution in [0.2, 0.25) is 5.02 Å². The Labute approximate surface area is 116 Å². The van der Waals surface area contributed by atoms with E-state index in [-0.39, 0.29) is 17.8 Å². The summed E-state index contributed by atoms with van der Waals surface area (Å²) in [7, 11) is 1.48. The van der Waals surface area contributed by atoms with E-state index in [1.807, 2.05) is 0 Å². The lowest BCUT2D eigenvalue weighted by molar-refractivity contribution is -0.141. The normalized spacial score (nSPS) is 16.5. The van der Waals surface area contributed by atoms with Crippen LogP contribution in [-0.4, -0.2) is 34.7 Å². The number of carboxylic acids is 1. The highest BCUT2D eigenvalue weighted by molar-refractivity contribution is 6.32. The van der Waals surface area contributed by atoms with Crippen LogP contribution in [-0.2, 0) is 4.79 Å². The van der Waals surface area contributed by atoms with Gasteiger partial charge in [-0.15, -0.1) is 0 Å². The number of anilines is 1.